The highest BCUT2D eigenvalue weighted by Gasteiger charge is 2.14. The molecule has 0 bridgehead atoms. The van der Waals surface area contributed by atoms with Gasteiger partial charge in [0.1, 0.15) is 0 Å². The zero-order valence-corrected chi connectivity index (χ0v) is 8.33. The summed E-state index contributed by atoms with van der Waals surface area (Å²) in [5.74, 6) is 0. The fraction of sp³-hybridized carbons (Fsp3) is 1.00. The Morgan fingerprint density at radius 3 is 1.82 bits per heavy atom. The Bertz CT molecular complexity index is 191. The average Bonchev–Trinajstić information content (AvgIpc) is 1.57. The van der Waals surface area contributed by atoms with Gasteiger partial charge in [0.2, 0.25) is 0 Å². The van der Waals surface area contributed by atoms with Gasteiger partial charge in [-0.05, 0) is 5.41 Å². The summed E-state index contributed by atoms with van der Waals surface area (Å²) in [6, 6.07) is 0. The monoisotopic (exact) mass is 204 g/mol. The highest BCUT2D eigenvalue weighted by molar-refractivity contribution is 7.80. The SMILES string of the molecule is CC(C)(C)COS(=O)(=O)O.Cl. The average molecular weight is 205 g/mol. The lowest BCUT2D eigenvalue weighted by atomic mass is 9.99. The van der Waals surface area contributed by atoms with Crippen molar-refractivity contribution >= 4 is 22.8 Å². The minimum Gasteiger partial charge on any atom is -0.264 e. The van der Waals surface area contributed by atoms with Crippen LogP contribution in [-0.2, 0) is 14.6 Å². The molecular formula is C5H13ClO4S. The first-order valence-electron chi connectivity index (χ1n) is 2.82. The Labute approximate surface area is 73.3 Å². The molecular weight excluding hydrogens is 192 g/mol. The van der Waals surface area contributed by atoms with E-state index >= 15 is 0 Å². The highest BCUT2D eigenvalue weighted by atomic mass is 35.5. The lowest BCUT2D eigenvalue weighted by molar-refractivity contribution is 0.181. The van der Waals surface area contributed by atoms with E-state index in [1.54, 1.807) is 20.8 Å². The molecule has 70 valence electrons. The van der Waals surface area contributed by atoms with Gasteiger partial charge >= 0.3 is 10.4 Å². The van der Waals surface area contributed by atoms with Crippen LogP contribution in [0.2, 0.25) is 0 Å². The molecule has 0 aliphatic rings. The fourth-order valence-corrected chi connectivity index (χ4v) is 0.754. The first-order chi connectivity index (χ1) is 4.21. The molecule has 1 N–H and O–H groups in total. The molecule has 0 radical (unpaired) electrons. The summed E-state index contributed by atoms with van der Waals surface area (Å²) in [6.45, 7) is 5.40. The van der Waals surface area contributed by atoms with Crippen LogP contribution in [0.5, 0.6) is 0 Å². The zero-order valence-electron chi connectivity index (χ0n) is 6.70. The van der Waals surface area contributed by atoms with E-state index in [2.05, 4.69) is 4.18 Å². The van der Waals surface area contributed by atoms with Crippen LogP contribution >= 0.6 is 12.4 Å². The molecule has 11 heavy (non-hydrogen) atoms. The van der Waals surface area contributed by atoms with E-state index in [1.807, 2.05) is 0 Å². The van der Waals surface area contributed by atoms with Gasteiger partial charge in [0.05, 0.1) is 6.61 Å². The first-order valence-corrected chi connectivity index (χ1v) is 4.19. The van der Waals surface area contributed by atoms with Gasteiger partial charge in [0.15, 0.2) is 0 Å². The summed E-state index contributed by atoms with van der Waals surface area (Å²) in [4.78, 5) is 0. The molecule has 0 heterocycles. The third-order valence-corrected chi connectivity index (χ3v) is 1.06. The molecule has 0 atom stereocenters. The predicted octanol–water partition coefficient (Wildman–Crippen LogP) is 1.27. The minimum absolute atomic E-state index is 0. The molecule has 0 amide bonds. The Morgan fingerprint density at radius 1 is 1.36 bits per heavy atom. The molecule has 0 unspecified atom stereocenters. The molecule has 0 saturated heterocycles. The number of halogens is 1. The Morgan fingerprint density at radius 2 is 1.73 bits per heavy atom. The van der Waals surface area contributed by atoms with Crippen molar-refractivity contribution in [2.75, 3.05) is 6.61 Å². The van der Waals surface area contributed by atoms with Gasteiger partial charge in [-0.3, -0.25) is 4.55 Å². The van der Waals surface area contributed by atoms with Gasteiger partial charge < -0.3 is 0 Å². The van der Waals surface area contributed by atoms with E-state index in [-0.39, 0.29) is 24.4 Å². The van der Waals surface area contributed by atoms with Gasteiger partial charge in [-0.25, -0.2) is 4.18 Å². The number of hydrogen-bond acceptors (Lipinski definition) is 3. The summed E-state index contributed by atoms with van der Waals surface area (Å²) in [7, 11) is -4.26. The van der Waals surface area contributed by atoms with Crippen molar-refractivity contribution in [1.82, 2.24) is 0 Å². The standard InChI is InChI=1S/C5H12O4S.ClH/c1-5(2,3)4-9-10(6,7)8;/h4H2,1-3H3,(H,6,7,8);1H. The first kappa shape index (κ1) is 13.7. The number of rotatable bonds is 2. The Hall–Kier alpha value is 0.160. The van der Waals surface area contributed by atoms with E-state index in [1.165, 1.54) is 0 Å². The van der Waals surface area contributed by atoms with Gasteiger partial charge in [0, 0.05) is 0 Å². The second-order valence-electron chi connectivity index (χ2n) is 3.25. The maximum Gasteiger partial charge on any atom is 0.397 e. The third kappa shape index (κ3) is 13.2. The number of hydrogen-bond donors (Lipinski definition) is 1. The molecule has 0 aliphatic carbocycles. The highest BCUT2D eigenvalue weighted by Crippen LogP contribution is 2.13. The second-order valence-corrected chi connectivity index (χ2v) is 4.34. The van der Waals surface area contributed by atoms with Crippen molar-refractivity contribution in [3.05, 3.63) is 0 Å². The van der Waals surface area contributed by atoms with Crippen molar-refractivity contribution in [3.8, 4) is 0 Å². The van der Waals surface area contributed by atoms with Crippen LogP contribution in [0.1, 0.15) is 20.8 Å². The zero-order chi connectivity index (χ0) is 8.41. The maximum atomic E-state index is 10.0. The Balaban J connectivity index is 0. The lowest BCUT2D eigenvalue weighted by Gasteiger charge is -2.15. The van der Waals surface area contributed by atoms with Crippen molar-refractivity contribution in [2.24, 2.45) is 5.41 Å². The molecule has 6 heteroatoms. The Kier molecular flexibility index (Phi) is 5.31. The van der Waals surface area contributed by atoms with Crippen LogP contribution in [0, 0.1) is 5.41 Å². The van der Waals surface area contributed by atoms with Gasteiger partial charge in [-0.2, -0.15) is 8.42 Å². The summed E-state index contributed by atoms with van der Waals surface area (Å²) in [5, 5.41) is 0. The van der Waals surface area contributed by atoms with Gasteiger partial charge in [-0.1, -0.05) is 20.8 Å². The van der Waals surface area contributed by atoms with Crippen LogP contribution in [0.3, 0.4) is 0 Å². The third-order valence-electron chi connectivity index (χ3n) is 0.641. The van der Waals surface area contributed by atoms with E-state index in [9.17, 15) is 8.42 Å². The molecule has 0 fully saturated rings. The molecule has 0 aromatic heterocycles. The normalized spacial score (nSPS) is 12.4. The van der Waals surface area contributed by atoms with E-state index in [4.69, 9.17) is 4.55 Å². The topological polar surface area (TPSA) is 63.6 Å². The van der Waals surface area contributed by atoms with E-state index < -0.39 is 10.4 Å². The largest absolute Gasteiger partial charge is 0.397 e. The second kappa shape index (κ2) is 4.25. The molecule has 0 aromatic carbocycles. The van der Waals surface area contributed by atoms with Crippen molar-refractivity contribution < 1.29 is 17.2 Å². The van der Waals surface area contributed by atoms with Crippen molar-refractivity contribution in [1.29, 1.82) is 0 Å². The molecule has 4 nitrogen and oxygen atoms in total. The summed E-state index contributed by atoms with van der Waals surface area (Å²) in [5.41, 5.74) is -0.254. The predicted molar refractivity (Wildman–Crippen MR) is 44.2 cm³/mol. The van der Waals surface area contributed by atoms with Crippen LogP contribution in [0.25, 0.3) is 0 Å². The van der Waals surface area contributed by atoms with Gasteiger partial charge in [-0.15, -0.1) is 12.4 Å². The minimum atomic E-state index is -4.26. The molecule has 0 aliphatic heterocycles. The molecule has 0 aromatic rings. The van der Waals surface area contributed by atoms with Crippen molar-refractivity contribution in [2.45, 2.75) is 20.8 Å². The van der Waals surface area contributed by atoms with Crippen LogP contribution < -0.4 is 0 Å². The van der Waals surface area contributed by atoms with E-state index in [0.717, 1.165) is 0 Å². The summed E-state index contributed by atoms with van der Waals surface area (Å²) >= 11 is 0. The smallest absolute Gasteiger partial charge is 0.264 e. The molecule has 0 spiro atoms. The van der Waals surface area contributed by atoms with Crippen molar-refractivity contribution in [3.63, 3.8) is 0 Å². The van der Waals surface area contributed by atoms with Crippen LogP contribution in [0.4, 0.5) is 0 Å². The lowest BCUT2D eigenvalue weighted by Crippen LogP contribution is -2.17. The molecule has 0 saturated carbocycles. The summed E-state index contributed by atoms with van der Waals surface area (Å²) in [6.07, 6.45) is 0. The van der Waals surface area contributed by atoms with E-state index in [0.29, 0.717) is 0 Å². The maximum absolute atomic E-state index is 10.0. The molecule has 0 rings (SSSR count). The quantitative estimate of drug-likeness (QED) is 0.689. The van der Waals surface area contributed by atoms with Gasteiger partial charge in [0.25, 0.3) is 0 Å². The fourth-order valence-electron chi connectivity index (χ4n) is 0.251. The van der Waals surface area contributed by atoms with Crippen LogP contribution in [0.15, 0.2) is 0 Å². The van der Waals surface area contributed by atoms with Crippen LogP contribution in [-0.4, -0.2) is 19.6 Å². The summed E-state index contributed by atoms with van der Waals surface area (Å²) < 4.78 is 32.3.